The van der Waals surface area contributed by atoms with Crippen LogP contribution in [-0.4, -0.2) is 41.5 Å². The molecule has 0 unspecified atom stereocenters. The third kappa shape index (κ3) is 11.0. The van der Waals surface area contributed by atoms with Crippen molar-refractivity contribution >= 4 is 23.8 Å². The Balaban J connectivity index is 3.72. The van der Waals surface area contributed by atoms with Crippen LogP contribution in [0, 0.1) is 0 Å². The number of carbonyl (C=O) groups excluding carboxylic acids is 3. The van der Waals surface area contributed by atoms with Crippen molar-refractivity contribution in [3.8, 4) is 0 Å². The van der Waals surface area contributed by atoms with E-state index in [4.69, 9.17) is 5.11 Å². The monoisotopic (exact) mass is 287 g/mol. The minimum atomic E-state index is -0.917. The molecule has 4 amide bonds. The Morgan fingerprint density at radius 1 is 1.00 bits per heavy atom. The molecule has 0 aliphatic rings. The molecule has 0 spiro atoms. The van der Waals surface area contributed by atoms with E-state index < -0.39 is 17.9 Å². The fourth-order valence-electron chi connectivity index (χ4n) is 1.33. The van der Waals surface area contributed by atoms with Crippen molar-refractivity contribution in [1.29, 1.82) is 0 Å². The number of amides is 4. The van der Waals surface area contributed by atoms with Crippen LogP contribution in [0.5, 0.6) is 0 Å². The topological polar surface area (TPSA) is 125 Å². The van der Waals surface area contributed by atoms with Crippen LogP contribution in [0.15, 0.2) is 0 Å². The van der Waals surface area contributed by atoms with Gasteiger partial charge >= 0.3 is 12.0 Å². The molecule has 8 nitrogen and oxygen atoms in total. The molecule has 20 heavy (non-hydrogen) atoms. The molecule has 0 aliphatic carbocycles. The van der Waals surface area contributed by atoms with Gasteiger partial charge in [-0.3, -0.25) is 19.7 Å². The number of urea groups is 1. The van der Waals surface area contributed by atoms with Gasteiger partial charge in [0.05, 0.1) is 6.54 Å². The molecule has 4 N–H and O–H groups in total. The summed E-state index contributed by atoms with van der Waals surface area (Å²) in [5, 5.41) is 15.3. The quantitative estimate of drug-likeness (QED) is 0.467. The second-order valence-electron chi connectivity index (χ2n) is 4.55. The maximum absolute atomic E-state index is 11.3. The Hall–Kier alpha value is -2.12. The average molecular weight is 287 g/mol. The smallest absolute Gasteiger partial charge is 0.321 e. The van der Waals surface area contributed by atoms with Crippen LogP contribution in [0.3, 0.4) is 0 Å². The predicted octanol–water partition coefficient (Wildman–Crippen LogP) is -0.0182. The molecule has 0 heterocycles. The van der Waals surface area contributed by atoms with E-state index in [1.807, 2.05) is 0 Å². The van der Waals surface area contributed by atoms with Crippen molar-refractivity contribution in [3.63, 3.8) is 0 Å². The second-order valence-corrected chi connectivity index (χ2v) is 4.55. The lowest BCUT2D eigenvalue weighted by Gasteiger charge is -2.09. The first-order valence-corrected chi connectivity index (χ1v) is 6.40. The third-order valence-corrected chi connectivity index (χ3v) is 2.16. The number of aliphatic carboxylic acids is 1. The number of hydrogen-bond donors (Lipinski definition) is 4. The van der Waals surface area contributed by atoms with Gasteiger partial charge in [0, 0.05) is 18.9 Å². The van der Waals surface area contributed by atoms with E-state index in [1.165, 1.54) is 0 Å². The Labute approximate surface area is 117 Å². The molecule has 0 saturated carbocycles. The molecule has 114 valence electrons. The number of hydrogen-bond acceptors (Lipinski definition) is 4. The zero-order chi connectivity index (χ0) is 15.5. The fraction of sp³-hybridized carbons (Fsp3) is 0.667. The molecule has 0 aromatic carbocycles. The van der Waals surface area contributed by atoms with Crippen LogP contribution in [0.1, 0.15) is 39.5 Å². The summed E-state index contributed by atoms with van der Waals surface area (Å²) in [5.41, 5.74) is 0. The van der Waals surface area contributed by atoms with Crippen molar-refractivity contribution in [3.05, 3.63) is 0 Å². The van der Waals surface area contributed by atoms with E-state index in [1.54, 1.807) is 13.8 Å². The molecule has 0 fully saturated rings. The fourth-order valence-corrected chi connectivity index (χ4v) is 1.33. The van der Waals surface area contributed by atoms with Gasteiger partial charge in [0.1, 0.15) is 0 Å². The van der Waals surface area contributed by atoms with Crippen molar-refractivity contribution in [2.24, 2.45) is 0 Å². The summed E-state index contributed by atoms with van der Waals surface area (Å²) in [5.74, 6) is -1.76. The van der Waals surface area contributed by atoms with Crippen LogP contribution in [-0.2, 0) is 14.4 Å². The summed E-state index contributed by atoms with van der Waals surface area (Å²) in [6.45, 7) is 3.37. The van der Waals surface area contributed by atoms with Gasteiger partial charge in [0.15, 0.2) is 0 Å². The normalized spacial score (nSPS) is 9.95. The molecule has 0 atom stereocenters. The molecule has 0 rings (SSSR count). The predicted molar refractivity (Wildman–Crippen MR) is 70.9 cm³/mol. The Bertz CT molecular complexity index is 368. The van der Waals surface area contributed by atoms with Gasteiger partial charge in [-0.1, -0.05) is 0 Å². The zero-order valence-electron chi connectivity index (χ0n) is 11.7. The first-order valence-electron chi connectivity index (χ1n) is 6.40. The summed E-state index contributed by atoms with van der Waals surface area (Å²) in [6, 6.07) is -0.768. The van der Waals surface area contributed by atoms with Crippen LogP contribution >= 0.6 is 0 Å². The SMILES string of the molecule is CC(C)NC(=O)CNC(=O)NC(=O)CCCCC(=O)O. The molecule has 8 heteroatoms. The second kappa shape index (κ2) is 9.76. The first kappa shape index (κ1) is 17.9. The summed E-state index contributed by atoms with van der Waals surface area (Å²) in [4.78, 5) is 44.0. The molecule has 0 aliphatic heterocycles. The van der Waals surface area contributed by atoms with Crippen molar-refractivity contribution < 1.29 is 24.3 Å². The summed E-state index contributed by atoms with van der Waals surface area (Å²) >= 11 is 0. The zero-order valence-corrected chi connectivity index (χ0v) is 11.7. The van der Waals surface area contributed by atoms with Crippen LogP contribution in [0.2, 0.25) is 0 Å². The molecular weight excluding hydrogens is 266 g/mol. The molecule has 0 aromatic heterocycles. The minimum Gasteiger partial charge on any atom is -0.481 e. The number of rotatable bonds is 8. The van der Waals surface area contributed by atoms with Gasteiger partial charge in [0.2, 0.25) is 11.8 Å². The van der Waals surface area contributed by atoms with Crippen LogP contribution in [0.4, 0.5) is 4.79 Å². The summed E-state index contributed by atoms with van der Waals surface area (Å²) in [7, 11) is 0. The Kier molecular flexibility index (Phi) is 8.73. The molecule has 0 saturated heterocycles. The Morgan fingerprint density at radius 3 is 2.15 bits per heavy atom. The van der Waals surface area contributed by atoms with Crippen molar-refractivity contribution in [2.45, 2.75) is 45.6 Å². The highest BCUT2D eigenvalue weighted by atomic mass is 16.4. The van der Waals surface area contributed by atoms with Gasteiger partial charge in [-0.2, -0.15) is 0 Å². The highest BCUT2D eigenvalue weighted by Crippen LogP contribution is 1.99. The van der Waals surface area contributed by atoms with Crippen LogP contribution < -0.4 is 16.0 Å². The number of unbranched alkanes of at least 4 members (excludes halogenated alkanes) is 1. The van der Waals surface area contributed by atoms with E-state index in [-0.39, 0.29) is 31.3 Å². The highest BCUT2D eigenvalue weighted by Gasteiger charge is 2.09. The molecule has 0 aromatic rings. The lowest BCUT2D eigenvalue weighted by atomic mass is 10.2. The van der Waals surface area contributed by atoms with Crippen LogP contribution in [0.25, 0.3) is 0 Å². The van der Waals surface area contributed by atoms with E-state index in [0.29, 0.717) is 12.8 Å². The maximum atomic E-state index is 11.3. The highest BCUT2D eigenvalue weighted by molar-refractivity contribution is 5.95. The summed E-state index contributed by atoms with van der Waals surface area (Å²) in [6.07, 6.45) is 0.828. The van der Waals surface area contributed by atoms with Crippen molar-refractivity contribution in [1.82, 2.24) is 16.0 Å². The first-order chi connectivity index (χ1) is 9.31. The number of imide groups is 1. The molecule has 0 bridgehead atoms. The largest absolute Gasteiger partial charge is 0.481 e. The number of carboxylic acid groups (broad SMARTS) is 1. The molecule has 0 radical (unpaired) electrons. The lowest BCUT2D eigenvalue weighted by molar-refractivity contribution is -0.137. The Morgan fingerprint density at radius 2 is 1.60 bits per heavy atom. The van der Waals surface area contributed by atoms with E-state index >= 15 is 0 Å². The molecular formula is C12H21N3O5. The van der Waals surface area contributed by atoms with Gasteiger partial charge in [-0.25, -0.2) is 4.79 Å². The average Bonchev–Trinajstić information content (AvgIpc) is 2.31. The lowest BCUT2D eigenvalue weighted by Crippen LogP contribution is -2.45. The number of nitrogens with one attached hydrogen (secondary N) is 3. The van der Waals surface area contributed by atoms with Gasteiger partial charge in [0.25, 0.3) is 0 Å². The van der Waals surface area contributed by atoms with Crippen molar-refractivity contribution in [2.75, 3.05) is 6.54 Å². The van der Waals surface area contributed by atoms with Gasteiger partial charge in [-0.15, -0.1) is 0 Å². The van der Waals surface area contributed by atoms with Gasteiger partial charge < -0.3 is 15.7 Å². The maximum Gasteiger partial charge on any atom is 0.321 e. The minimum absolute atomic E-state index is 0.00511. The van der Waals surface area contributed by atoms with E-state index in [2.05, 4.69) is 16.0 Å². The van der Waals surface area contributed by atoms with E-state index in [0.717, 1.165) is 0 Å². The summed E-state index contributed by atoms with van der Waals surface area (Å²) < 4.78 is 0. The van der Waals surface area contributed by atoms with Gasteiger partial charge in [-0.05, 0) is 26.7 Å². The standard InChI is InChI=1S/C12H21N3O5/c1-8(2)14-10(17)7-13-12(20)15-9(16)5-3-4-6-11(18)19/h8H,3-7H2,1-2H3,(H,14,17)(H,18,19)(H2,13,15,16,20). The third-order valence-electron chi connectivity index (χ3n) is 2.16. The number of carbonyl (C=O) groups is 4. The number of carboxylic acids is 1. The van der Waals surface area contributed by atoms with E-state index in [9.17, 15) is 19.2 Å².